The molecule has 3 nitrogen and oxygen atoms in total. The molecule has 0 aromatic heterocycles. The average molecular weight is 259 g/mol. The lowest BCUT2D eigenvalue weighted by molar-refractivity contribution is 0.445. The van der Waals surface area contributed by atoms with Gasteiger partial charge in [0.2, 0.25) is 0 Å². The molecule has 18 heavy (non-hydrogen) atoms. The molecule has 0 atom stereocenters. The Morgan fingerprint density at radius 2 is 1.83 bits per heavy atom. The van der Waals surface area contributed by atoms with Crippen molar-refractivity contribution in [3.63, 3.8) is 0 Å². The van der Waals surface area contributed by atoms with E-state index < -0.39 is 17.5 Å². The molecule has 1 rings (SSSR count). The maximum atomic E-state index is 12.9. The van der Waals surface area contributed by atoms with Gasteiger partial charge in [-0.25, -0.2) is 13.2 Å². The summed E-state index contributed by atoms with van der Waals surface area (Å²) in [6, 6.07) is 2.08. The first kappa shape index (κ1) is 14.3. The molecule has 0 saturated heterocycles. The lowest BCUT2D eigenvalue weighted by Crippen LogP contribution is -2.36. The van der Waals surface area contributed by atoms with Crippen LogP contribution in [-0.4, -0.2) is 18.5 Å². The fourth-order valence-electron chi connectivity index (χ4n) is 1.40. The van der Waals surface area contributed by atoms with Gasteiger partial charge >= 0.3 is 0 Å². The number of guanidine groups is 1. The second kappa shape index (κ2) is 6.28. The van der Waals surface area contributed by atoms with E-state index in [1.807, 2.05) is 13.8 Å². The number of benzene rings is 1. The Kier molecular flexibility index (Phi) is 5.00. The van der Waals surface area contributed by atoms with E-state index in [2.05, 4.69) is 10.3 Å². The van der Waals surface area contributed by atoms with Gasteiger partial charge in [-0.2, -0.15) is 0 Å². The van der Waals surface area contributed by atoms with Gasteiger partial charge in [0.25, 0.3) is 0 Å². The second-order valence-corrected chi connectivity index (χ2v) is 4.19. The molecule has 3 N–H and O–H groups in total. The lowest BCUT2D eigenvalue weighted by atomic mass is 10.1. The van der Waals surface area contributed by atoms with Crippen LogP contribution in [0.25, 0.3) is 0 Å². The smallest absolute Gasteiger partial charge is 0.194 e. The standard InChI is InChI=1S/C12H16F3N3/c1-7(2)18-12(16)17-4-3-8-5-9(13)11(15)10(14)6-8/h5-7H,3-4H2,1-2H3,(H3,16,17,18). The Bertz CT molecular complexity index is 421. The third-order valence-electron chi connectivity index (χ3n) is 2.16. The summed E-state index contributed by atoms with van der Waals surface area (Å²) in [4.78, 5) is 3.99. The second-order valence-electron chi connectivity index (χ2n) is 4.19. The largest absolute Gasteiger partial charge is 0.370 e. The molecule has 100 valence electrons. The minimum atomic E-state index is -1.46. The van der Waals surface area contributed by atoms with Crippen LogP contribution < -0.4 is 11.1 Å². The number of hydrogen-bond acceptors (Lipinski definition) is 1. The molecule has 0 amide bonds. The molecule has 6 heteroatoms. The highest BCUT2D eigenvalue weighted by Crippen LogP contribution is 2.13. The molecule has 0 saturated carbocycles. The van der Waals surface area contributed by atoms with E-state index in [9.17, 15) is 13.2 Å². The minimum Gasteiger partial charge on any atom is -0.370 e. The fraction of sp³-hybridized carbons (Fsp3) is 0.417. The first-order chi connectivity index (χ1) is 8.40. The Morgan fingerprint density at radius 3 is 2.33 bits per heavy atom. The van der Waals surface area contributed by atoms with E-state index in [0.29, 0.717) is 5.56 Å². The van der Waals surface area contributed by atoms with Gasteiger partial charge in [0.05, 0.1) is 0 Å². The molecule has 1 aromatic rings. The van der Waals surface area contributed by atoms with Crippen molar-refractivity contribution in [2.45, 2.75) is 26.3 Å². The number of hydrogen-bond donors (Lipinski definition) is 2. The Hall–Kier alpha value is -1.72. The molecule has 0 aliphatic carbocycles. The zero-order valence-electron chi connectivity index (χ0n) is 10.3. The number of halogens is 3. The van der Waals surface area contributed by atoms with Gasteiger partial charge in [0.15, 0.2) is 23.4 Å². The zero-order chi connectivity index (χ0) is 13.7. The monoisotopic (exact) mass is 259 g/mol. The number of nitrogens with one attached hydrogen (secondary N) is 1. The van der Waals surface area contributed by atoms with E-state index in [-0.39, 0.29) is 25.0 Å². The molecule has 0 spiro atoms. The Balaban J connectivity index is 2.59. The van der Waals surface area contributed by atoms with Crippen LogP contribution in [0.15, 0.2) is 17.1 Å². The van der Waals surface area contributed by atoms with Gasteiger partial charge in [-0.15, -0.1) is 0 Å². The lowest BCUT2D eigenvalue weighted by Gasteiger charge is -2.08. The first-order valence-corrected chi connectivity index (χ1v) is 5.60. The summed E-state index contributed by atoms with van der Waals surface area (Å²) in [5.41, 5.74) is 5.89. The van der Waals surface area contributed by atoms with Crippen molar-refractivity contribution in [2.75, 3.05) is 6.54 Å². The number of nitrogens with two attached hydrogens (primary N) is 1. The maximum Gasteiger partial charge on any atom is 0.194 e. The zero-order valence-corrected chi connectivity index (χ0v) is 10.3. The Morgan fingerprint density at radius 1 is 1.28 bits per heavy atom. The van der Waals surface area contributed by atoms with Gasteiger partial charge in [-0.3, -0.25) is 4.99 Å². The van der Waals surface area contributed by atoms with Gasteiger partial charge < -0.3 is 11.1 Å². The first-order valence-electron chi connectivity index (χ1n) is 5.60. The van der Waals surface area contributed by atoms with Crippen LogP contribution in [0.1, 0.15) is 19.4 Å². The van der Waals surface area contributed by atoms with Crippen molar-refractivity contribution in [2.24, 2.45) is 10.7 Å². The summed E-state index contributed by atoms with van der Waals surface area (Å²) in [7, 11) is 0. The van der Waals surface area contributed by atoms with Gasteiger partial charge in [0.1, 0.15) is 0 Å². The topological polar surface area (TPSA) is 50.4 Å². The number of rotatable bonds is 4. The van der Waals surface area contributed by atoms with Crippen molar-refractivity contribution in [3.05, 3.63) is 35.1 Å². The van der Waals surface area contributed by atoms with Crippen molar-refractivity contribution in [3.8, 4) is 0 Å². The van der Waals surface area contributed by atoms with E-state index in [1.54, 1.807) is 0 Å². The van der Waals surface area contributed by atoms with Crippen molar-refractivity contribution in [1.29, 1.82) is 0 Å². The van der Waals surface area contributed by atoms with Crippen LogP contribution in [0.3, 0.4) is 0 Å². The van der Waals surface area contributed by atoms with Crippen LogP contribution >= 0.6 is 0 Å². The highest BCUT2D eigenvalue weighted by molar-refractivity contribution is 5.78. The summed E-state index contributed by atoms with van der Waals surface area (Å²) in [5.74, 6) is -3.57. The quantitative estimate of drug-likeness (QED) is 0.493. The minimum absolute atomic E-state index is 0.162. The van der Waals surface area contributed by atoms with Crippen LogP contribution in [0.2, 0.25) is 0 Å². The van der Waals surface area contributed by atoms with Gasteiger partial charge in [-0.05, 0) is 38.0 Å². The molecule has 0 fully saturated rings. The van der Waals surface area contributed by atoms with Crippen molar-refractivity contribution in [1.82, 2.24) is 5.32 Å². The van der Waals surface area contributed by atoms with Crippen LogP contribution in [0, 0.1) is 17.5 Å². The normalized spacial score (nSPS) is 12.0. The highest BCUT2D eigenvalue weighted by Gasteiger charge is 2.10. The van der Waals surface area contributed by atoms with Gasteiger partial charge in [-0.1, -0.05) is 0 Å². The van der Waals surface area contributed by atoms with Gasteiger partial charge in [0, 0.05) is 12.6 Å². The molecule has 0 unspecified atom stereocenters. The van der Waals surface area contributed by atoms with E-state index >= 15 is 0 Å². The van der Waals surface area contributed by atoms with Crippen molar-refractivity contribution < 1.29 is 13.2 Å². The highest BCUT2D eigenvalue weighted by atomic mass is 19.2. The van der Waals surface area contributed by atoms with Crippen LogP contribution in [-0.2, 0) is 6.42 Å². The van der Waals surface area contributed by atoms with Crippen LogP contribution in [0.4, 0.5) is 13.2 Å². The van der Waals surface area contributed by atoms with E-state index in [1.165, 1.54) is 0 Å². The molecular weight excluding hydrogens is 243 g/mol. The third-order valence-corrected chi connectivity index (χ3v) is 2.16. The summed E-state index contributed by atoms with van der Waals surface area (Å²) < 4.78 is 38.5. The number of nitrogens with zero attached hydrogens (tertiary/aromatic N) is 1. The van der Waals surface area contributed by atoms with Crippen LogP contribution in [0.5, 0.6) is 0 Å². The molecule has 0 aliphatic heterocycles. The average Bonchev–Trinajstić information content (AvgIpc) is 2.24. The summed E-state index contributed by atoms with van der Waals surface area (Å²) >= 11 is 0. The Labute approximate surface area is 104 Å². The van der Waals surface area contributed by atoms with Crippen molar-refractivity contribution >= 4 is 5.96 Å². The molecule has 0 heterocycles. The molecular formula is C12H16F3N3. The third kappa shape index (κ3) is 4.27. The number of aliphatic imine (C=N–C) groups is 1. The van der Waals surface area contributed by atoms with E-state index in [0.717, 1.165) is 12.1 Å². The molecule has 1 aromatic carbocycles. The van der Waals surface area contributed by atoms with E-state index in [4.69, 9.17) is 5.73 Å². The molecule has 0 aliphatic rings. The fourth-order valence-corrected chi connectivity index (χ4v) is 1.40. The summed E-state index contributed by atoms with van der Waals surface area (Å²) in [5, 5.41) is 2.88. The maximum absolute atomic E-state index is 12.9. The molecule has 0 radical (unpaired) electrons. The predicted octanol–water partition coefficient (Wildman–Crippen LogP) is 1.96. The summed E-state index contributed by atoms with van der Waals surface area (Å²) in [6.07, 6.45) is 0.286. The summed E-state index contributed by atoms with van der Waals surface area (Å²) in [6.45, 7) is 4.09. The predicted molar refractivity (Wildman–Crippen MR) is 64.8 cm³/mol. The molecule has 0 bridgehead atoms. The SMILES string of the molecule is CC(C)NC(N)=NCCc1cc(F)c(F)c(F)c1.